The van der Waals surface area contributed by atoms with Gasteiger partial charge in [-0.15, -0.1) is 11.3 Å². The Hall–Kier alpha value is -2.00. The molecule has 0 aliphatic heterocycles. The minimum Gasteiger partial charge on any atom is -0.466 e. The van der Waals surface area contributed by atoms with Crippen LogP contribution in [0.5, 0.6) is 0 Å². The van der Waals surface area contributed by atoms with Crippen LogP contribution in [-0.4, -0.2) is 31.7 Å². The first-order valence-corrected chi connectivity index (χ1v) is 10.6. The Morgan fingerprint density at radius 2 is 2.00 bits per heavy atom. The lowest BCUT2D eigenvalue weighted by atomic mass is 10.3. The smallest absolute Gasteiger partial charge is 0.305 e. The number of esters is 1. The van der Waals surface area contributed by atoms with Crippen molar-refractivity contribution in [3.63, 3.8) is 0 Å². The summed E-state index contributed by atoms with van der Waals surface area (Å²) in [7, 11) is -3.72. The van der Waals surface area contributed by atoms with E-state index in [1.54, 1.807) is 12.3 Å². The van der Waals surface area contributed by atoms with E-state index in [-0.39, 0.29) is 31.7 Å². The summed E-state index contributed by atoms with van der Waals surface area (Å²) < 4.78 is 44.9. The molecule has 0 unspecified atom stereocenters. The summed E-state index contributed by atoms with van der Waals surface area (Å²) in [5.74, 6) is -1.09. The number of carbonyl (C=O) groups is 1. The lowest BCUT2D eigenvalue weighted by Gasteiger charge is -2.23. The summed E-state index contributed by atoms with van der Waals surface area (Å²) in [5.41, 5.74) is 0.971. The molecule has 2 aromatic rings. The molecule has 0 atom stereocenters. The van der Waals surface area contributed by atoms with Gasteiger partial charge in [0, 0.05) is 11.8 Å². The Bertz CT molecular complexity index is 835. The van der Waals surface area contributed by atoms with E-state index in [9.17, 15) is 17.6 Å². The third-order valence-corrected chi connectivity index (χ3v) is 6.15. The fourth-order valence-corrected chi connectivity index (χ4v) is 4.43. The van der Waals surface area contributed by atoms with Gasteiger partial charge in [0.15, 0.2) is 0 Å². The van der Waals surface area contributed by atoms with Crippen LogP contribution >= 0.6 is 11.3 Å². The van der Waals surface area contributed by atoms with Gasteiger partial charge in [-0.2, -0.15) is 0 Å². The number of aryl methyl sites for hydroxylation is 1. The number of sulfonamides is 1. The van der Waals surface area contributed by atoms with Crippen molar-refractivity contribution in [1.82, 2.24) is 4.98 Å². The largest absolute Gasteiger partial charge is 0.466 e. The molecule has 0 aliphatic rings. The number of hydrogen-bond donors (Lipinski definition) is 0. The van der Waals surface area contributed by atoms with Crippen LogP contribution < -0.4 is 4.31 Å². The summed E-state index contributed by atoms with van der Waals surface area (Å²) in [6, 6.07) is 5.25. The lowest BCUT2D eigenvalue weighted by Crippen LogP contribution is -2.33. The Labute approximate surface area is 156 Å². The molecule has 0 N–H and O–H groups in total. The molecule has 6 nitrogen and oxygen atoms in total. The molecule has 0 bridgehead atoms. The van der Waals surface area contributed by atoms with Crippen molar-refractivity contribution >= 4 is 33.0 Å². The van der Waals surface area contributed by atoms with E-state index in [4.69, 9.17) is 4.74 Å². The maximum atomic E-state index is 13.2. The molecule has 0 spiro atoms. The predicted octanol–water partition coefficient (Wildman–Crippen LogP) is 3.27. The van der Waals surface area contributed by atoms with Gasteiger partial charge in [0.25, 0.3) is 0 Å². The summed E-state index contributed by atoms with van der Waals surface area (Å²) in [6.07, 6.45) is 0.176. The predicted molar refractivity (Wildman–Crippen MR) is 99.1 cm³/mol. The van der Waals surface area contributed by atoms with Gasteiger partial charge < -0.3 is 4.74 Å². The van der Waals surface area contributed by atoms with Gasteiger partial charge in [0.1, 0.15) is 5.82 Å². The second-order valence-corrected chi connectivity index (χ2v) is 8.64. The normalized spacial score (nSPS) is 11.3. The van der Waals surface area contributed by atoms with Crippen LogP contribution in [0.3, 0.4) is 0 Å². The molecule has 1 aromatic carbocycles. The quantitative estimate of drug-likeness (QED) is 0.604. The minimum atomic E-state index is -3.72. The standard InChI is InChI=1S/C17H21FN2O4S2/c1-3-24-17(21)5-4-10-26(22,23)20(11-15-12-25-13(2)19-15)16-8-6-14(18)7-9-16/h6-9,12H,3-5,10-11H2,1-2H3. The van der Waals surface area contributed by atoms with E-state index in [1.165, 1.54) is 39.9 Å². The number of benzene rings is 1. The van der Waals surface area contributed by atoms with Crippen molar-refractivity contribution in [3.05, 3.63) is 46.2 Å². The van der Waals surface area contributed by atoms with Gasteiger partial charge in [0.05, 0.1) is 35.3 Å². The van der Waals surface area contributed by atoms with Crippen LogP contribution in [0.4, 0.5) is 10.1 Å². The fraction of sp³-hybridized carbons (Fsp3) is 0.412. The molecule has 1 aromatic heterocycles. The van der Waals surface area contributed by atoms with E-state index in [2.05, 4.69) is 4.98 Å². The molecule has 0 amide bonds. The number of ether oxygens (including phenoxy) is 1. The minimum absolute atomic E-state index is 0.0279. The molecular formula is C17H21FN2O4S2. The molecule has 0 fully saturated rings. The first kappa shape index (κ1) is 20.3. The van der Waals surface area contributed by atoms with Crippen LogP contribution in [0.2, 0.25) is 0 Å². The number of aromatic nitrogens is 1. The van der Waals surface area contributed by atoms with E-state index in [0.717, 1.165) is 5.01 Å². The summed E-state index contributed by atoms with van der Waals surface area (Å²) in [6.45, 7) is 3.85. The van der Waals surface area contributed by atoms with Gasteiger partial charge in [-0.05, 0) is 44.5 Å². The fourth-order valence-electron chi connectivity index (χ4n) is 2.33. The maximum Gasteiger partial charge on any atom is 0.305 e. The van der Waals surface area contributed by atoms with Gasteiger partial charge in [-0.25, -0.2) is 17.8 Å². The maximum absolute atomic E-state index is 13.2. The van der Waals surface area contributed by atoms with Gasteiger partial charge in [-0.3, -0.25) is 9.10 Å². The Balaban J connectivity index is 2.18. The Morgan fingerprint density at radius 1 is 1.31 bits per heavy atom. The molecule has 0 aliphatic carbocycles. The summed E-state index contributed by atoms with van der Waals surface area (Å²) in [5, 5.41) is 2.62. The number of carbonyl (C=O) groups excluding carboxylic acids is 1. The van der Waals surface area contributed by atoms with Gasteiger partial charge >= 0.3 is 5.97 Å². The zero-order valence-electron chi connectivity index (χ0n) is 14.6. The summed E-state index contributed by atoms with van der Waals surface area (Å²) in [4.78, 5) is 15.7. The van der Waals surface area contributed by atoms with Crippen molar-refractivity contribution in [2.24, 2.45) is 0 Å². The SMILES string of the molecule is CCOC(=O)CCCS(=O)(=O)N(Cc1csc(C)n1)c1ccc(F)cc1. The highest BCUT2D eigenvalue weighted by Crippen LogP contribution is 2.23. The van der Waals surface area contributed by atoms with E-state index < -0.39 is 21.8 Å². The van der Waals surface area contributed by atoms with Crippen molar-refractivity contribution in [2.75, 3.05) is 16.7 Å². The third kappa shape index (κ3) is 5.77. The highest BCUT2D eigenvalue weighted by Gasteiger charge is 2.24. The zero-order valence-corrected chi connectivity index (χ0v) is 16.3. The molecule has 0 saturated heterocycles. The first-order chi connectivity index (χ1) is 12.3. The number of rotatable bonds is 9. The number of thiazole rings is 1. The van der Waals surface area contributed by atoms with Crippen molar-refractivity contribution < 1.29 is 22.3 Å². The number of hydrogen-bond acceptors (Lipinski definition) is 6. The summed E-state index contributed by atoms with van der Waals surface area (Å²) >= 11 is 1.43. The topological polar surface area (TPSA) is 76.6 Å². The van der Waals surface area contributed by atoms with Crippen LogP contribution in [0.1, 0.15) is 30.5 Å². The molecular weight excluding hydrogens is 379 g/mol. The van der Waals surface area contributed by atoms with Crippen molar-refractivity contribution in [1.29, 1.82) is 0 Å². The Morgan fingerprint density at radius 3 is 2.58 bits per heavy atom. The molecule has 2 rings (SSSR count). The monoisotopic (exact) mass is 400 g/mol. The number of halogens is 1. The van der Waals surface area contributed by atoms with Gasteiger partial charge in [-0.1, -0.05) is 0 Å². The number of nitrogens with zero attached hydrogens (tertiary/aromatic N) is 2. The van der Waals surface area contributed by atoms with Crippen molar-refractivity contribution in [2.45, 2.75) is 33.2 Å². The van der Waals surface area contributed by atoms with Gasteiger partial charge in [0.2, 0.25) is 10.0 Å². The van der Waals surface area contributed by atoms with Crippen LogP contribution in [0, 0.1) is 12.7 Å². The average molecular weight is 400 g/mol. The highest BCUT2D eigenvalue weighted by atomic mass is 32.2. The van der Waals surface area contributed by atoms with Crippen molar-refractivity contribution in [3.8, 4) is 0 Å². The number of anilines is 1. The molecule has 142 valence electrons. The molecule has 26 heavy (non-hydrogen) atoms. The third-order valence-electron chi connectivity index (χ3n) is 3.51. The van der Waals surface area contributed by atoms with E-state index >= 15 is 0 Å². The first-order valence-electron chi connectivity index (χ1n) is 8.14. The van der Waals surface area contributed by atoms with Crippen LogP contribution in [-0.2, 0) is 26.1 Å². The average Bonchev–Trinajstić information content (AvgIpc) is 2.99. The molecule has 0 saturated carbocycles. The molecule has 9 heteroatoms. The lowest BCUT2D eigenvalue weighted by molar-refractivity contribution is -0.143. The Kier molecular flexibility index (Phi) is 7.10. The zero-order chi connectivity index (χ0) is 19.2. The molecule has 0 radical (unpaired) electrons. The highest BCUT2D eigenvalue weighted by molar-refractivity contribution is 7.92. The van der Waals surface area contributed by atoms with Crippen LogP contribution in [0.25, 0.3) is 0 Å². The van der Waals surface area contributed by atoms with E-state index in [1.807, 2.05) is 6.92 Å². The van der Waals surface area contributed by atoms with E-state index in [0.29, 0.717) is 11.4 Å². The second-order valence-electron chi connectivity index (χ2n) is 5.57. The second kappa shape index (κ2) is 9.09. The molecule has 1 heterocycles. The van der Waals surface area contributed by atoms with Crippen LogP contribution in [0.15, 0.2) is 29.6 Å².